The first-order valence-electron chi connectivity index (χ1n) is 20.8. The summed E-state index contributed by atoms with van der Waals surface area (Å²) < 4.78 is 22.1. The van der Waals surface area contributed by atoms with Gasteiger partial charge < -0.3 is 39.4 Å². The van der Waals surface area contributed by atoms with Crippen LogP contribution in [0.5, 0.6) is 0 Å². The predicted molar refractivity (Wildman–Crippen MR) is 201 cm³/mol. The fourth-order valence-electron chi connectivity index (χ4n) is 6.29. The normalized spacial score (nSPS) is 21.3. The van der Waals surface area contributed by atoms with E-state index in [9.17, 15) is 30.0 Å². The minimum atomic E-state index is -1.59. The third-order valence-corrected chi connectivity index (χ3v) is 9.65. The van der Waals surface area contributed by atoms with Crippen molar-refractivity contribution in [3.63, 3.8) is 0 Å². The predicted octanol–water partition coefficient (Wildman–Crippen LogP) is 8.00. The van der Waals surface area contributed by atoms with Crippen molar-refractivity contribution in [1.82, 2.24) is 0 Å². The Bertz CT molecular complexity index is 850. The smallest absolute Gasteiger partial charge is 0.306 e. The lowest BCUT2D eigenvalue weighted by atomic mass is 9.99. The number of unbranched alkanes of at least 4 members (excludes halogenated alkanes) is 21. The van der Waals surface area contributed by atoms with Crippen LogP contribution >= 0.6 is 0 Å². The molecule has 0 amide bonds. The second kappa shape index (κ2) is 33.0. The van der Waals surface area contributed by atoms with E-state index in [0.29, 0.717) is 6.42 Å². The van der Waals surface area contributed by atoms with Crippen LogP contribution in [0.25, 0.3) is 0 Å². The van der Waals surface area contributed by atoms with E-state index in [4.69, 9.17) is 18.9 Å². The van der Waals surface area contributed by atoms with E-state index in [1.54, 1.807) is 0 Å². The quantitative estimate of drug-likeness (QED) is 0.0291. The molecule has 1 saturated heterocycles. The van der Waals surface area contributed by atoms with Crippen molar-refractivity contribution in [2.24, 2.45) is 0 Å². The van der Waals surface area contributed by atoms with Gasteiger partial charge in [-0.05, 0) is 32.1 Å². The average Bonchev–Trinajstić information content (AvgIpc) is 3.13. The van der Waals surface area contributed by atoms with E-state index in [1.807, 2.05) is 0 Å². The Morgan fingerprint density at radius 3 is 1.59 bits per heavy atom. The number of aliphatic hydroxyl groups excluding tert-OH is 4. The van der Waals surface area contributed by atoms with Crippen molar-refractivity contribution in [3.05, 3.63) is 12.2 Å². The van der Waals surface area contributed by atoms with Gasteiger partial charge in [0.2, 0.25) is 0 Å². The number of carbonyl (C=O) groups excluding carboxylic acids is 2. The summed E-state index contributed by atoms with van der Waals surface area (Å²) in [5, 5.41) is 39.9. The summed E-state index contributed by atoms with van der Waals surface area (Å²) >= 11 is 0. The third kappa shape index (κ3) is 25.2. The molecule has 0 saturated carbocycles. The van der Waals surface area contributed by atoms with Gasteiger partial charge in [-0.1, -0.05) is 148 Å². The Hall–Kier alpha value is -1.56. The van der Waals surface area contributed by atoms with E-state index in [1.165, 1.54) is 89.9 Å². The van der Waals surface area contributed by atoms with Gasteiger partial charge in [-0.2, -0.15) is 0 Å². The summed E-state index contributed by atoms with van der Waals surface area (Å²) in [6, 6.07) is 0. The highest BCUT2D eigenvalue weighted by atomic mass is 16.7. The summed E-state index contributed by atoms with van der Waals surface area (Å²) in [4.78, 5) is 25.2. The van der Waals surface area contributed by atoms with E-state index >= 15 is 0 Å². The molecule has 0 bridgehead atoms. The summed E-state index contributed by atoms with van der Waals surface area (Å²) in [5.74, 6) is -0.812. The molecule has 0 aromatic rings. The van der Waals surface area contributed by atoms with E-state index < -0.39 is 49.4 Å². The molecule has 0 aromatic carbocycles. The molecule has 0 radical (unpaired) electrons. The van der Waals surface area contributed by atoms with Crippen molar-refractivity contribution in [2.45, 2.75) is 218 Å². The molecule has 10 nitrogen and oxygen atoms in total. The second-order valence-corrected chi connectivity index (χ2v) is 14.4. The molecule has 0 aliphatic carbocycles. The van der Waals surface area contributed by atoms with Crippen LogP contribution in [-0.4, -0.2) is 89.0 Å². The first kappa shape index (κ1) is 47.5. The number of hydrogen-bond donors (Lipinski definition) is 4. The number of rotatable bonds is 34. The van der Waals surface area contributed by atoms with Crippen LogP contribution in [0.4, 0.5) is 0 Å². The first-order chi connectivity index (χ1) is 24.8. The van der Waals surface area contributed by atoms with Crippen LogP contribution in [0.2, 0.25) is 0 Å². The Morgan fingerprint density at radius 2 is 1.06 bits per heavy atom. The van der Waals surface area contributed by atoms with Gasteiger partial charge in [0.15, 0.2) is 12.4 Å². The largest absolute Gasteiger partial charge is 0.462 e. The molecule has 51 heavy (non-hydrogen) atoms. The zero-order valence-corrected chi connectivity index (χ0v) is 32.4. The highest BCUT2D eigenvalue weighted by Gasteiger charge is 2.44. The molecule has 1 rings (SSSR count). The Kier molecular flexibility index (Phi) is 30.7. The van der Waals surface area contributed by atoms with Crippen LogP contribution < -0.4 is 0 Å². The number of esters is 2. The molecule has 6 atom stereocenters. The number of carbonyl (C=O) groups is 2. The molecule has 300 valence electrons. The maximum absolute atomic E-state index is 12.7. The Labute approximate surface area is 310 Å². The van der Waals surface area contributed by atoms with Gasteiger partial charge in [0.25, 0.3) is 0 Å². The fourth-order valence-corrected chi connectivity index (χ4v) is 6.29. The summed E-state index contributed by atoms with van der Waals surface area (Å²) in [6.07, 6.45) is 25.1. The zero-order valence-electron chi connectivity index (χ0n) is 32.4. The van der Waals surface area contributed by atoms with E-state index in [-0.39, 0.29) is 32.0 Å². The summed E-state index contributed by atoms with van der Waals surface area (Å²) in [5.41, 5.74) is 0. The number of ether oxygens (including phenoxy) is 4. The molecule has 1 aliphatic heterocycles. The molecule has 0 spiro atoms. The number of allylic oxidation sites excluding steroid dienone is 2. The van der Waals surface area contributed by atoms with Crippen molar-refractivity contribution >= 4 is 11.9 Å². The van der Waals surface area contributed by atoms with Gasteiger partial charge in [0.1, 0.15) is 31.0 Å². The Balaban J connectivity index is 2.35. The van der Waals surface area contributed by atoms with Crippen LogP contribution in [0.1, 0.15) is 181 Å². The maximum Gasteiger partial charge on any atom is 0.306 e. The van der Waals surface area contributed by atoms with Crippen LogP contribution in [-0.2, 0) is 28.5 Å². The second-order valence-electron chi connectivity index (χ2n) is 14.4. The van der Waals surface area contributed by atoms with Gasteiger partial charge in [-0.25, -0.2) is 0 Å². The molecular formula is C41H76O10. The van der Waals surface area contributed by atoms with E-state index in [0.717, 1.165) is 57.8 Å². The van der Waals surface area contributed by atoms with Gasteiger partial charge in [0, 0.05) is 12.8 Å². The molecular weight excluding hydrogens is 652 g/mol. The van der Waals surface area contributed by atoms with Gasteiger partial charge in [-0.3, -0.25) is 9.59 Å². The molecule has 0 aromatic heterocycles. The number of aliphatic hydroxyl groups is 4. The van der Waals surface area contributed by atoms with Crippen molar-refractivity contribution in [2.75, 3.05) is 19.8 Å². The topological polar surface area (TPSA) is 152 Å². The monoisotopic (exact) mass is 729 g/mol. The minimum absolute atomic E-state index is 0.216. The van der Waals surface area contributed by atoms with Crippen LogP contribution in [0.15, 0.2) is 12.2 Å². The van der Waals surface area contributed by atoms with Crippen molar-refractivity contribution in [3.8, 4) is 0 Å². The fraction of sp³-hybridized carbons (Fsp3) is 0.902. The average molecular weight is 729 g/mol. The standard InChI is InChI=1S/C41H76O10/c1-3-5-7-9-11-13-15-16-17-18-20-21-23-25-27-29-36(43)48-32-34(33-49-41-40(47)39(46)38(45)35(31-42)51-41)50-37(44)30-28-26-24-22-19-14-12-10-8-6-4-2/h10,12,34-35,38-42,45-47H,3-9,11,13-33H2,1-2H3/b12-10+/t34-,35-,38+,39?,40?,41-/m0/s1. The zero-order chi connectivity index (χ0) is 37.4. The summed E-state index contributed by atoms with van der Waals surface area (Å²) in [6.45, 7) is 3.37. The molecule has 4 N–H and O–H groups in total. The summed E-state index contributed by atoms with van der Waals surface area (Å²) in [7, 11) is 0. The molecule has 10 heteroatoms. The lowest BCUT2D eigenvalue weighted by Crippen LogP contribution is -2.59. The third-order valence-electron chi connectivity index (χ3n) is 9.65. The van der Waals surface area contributed by atoms with Gasteiger partial charge in [-0.15, -0.1) is 0 Å². The first-order valence-corrected chi connectivity index (χ1v) is 20.8. The molecule has 1 aliphatic rings. The molecule has 1 heterocycles. The lowest BCUT2D eigenvalue weighted by Gasteiger charge is -2.39. The maximum atomic E-state index is 12.7. The van der Waals surface area contributed by atoms with Crippen LogP contribution in [0.3, 0.4) is 0 Å². The van der Waals surface area contributed by atoms with Gasteiger partial charge >= 0.3 is 11.9 Å². The SMILES string of the molecule is CCCC/C=C/CCCCCCCC(=O)O[C@@H](COC(=O)CCCCCCCCCCCCCCCCC)CO[C@H]1O[C@@H](CO)[C@@H](O)C(O)C1O. The number of hydrogen-bond acceptors (Lipinski definition) is 10. The van der Waals surface area contributed by atoms with Crippen molar-refractivity contribution in [1.29, 1.82) is 0 Å². The lowest BCUT2D eigenvalue weighted by molar-refractivity contribution is -0.305. The highest BCUT2D eigenvalue weighted by molar-refractivity contribution is 5.70. The Morgan fingerprint density at radius 1 is 0.588 bits per heavy atom. The van der Waals surface area contributed by atoms with Gasteiger partial charge in [0.05, 0.1) is 13.2 Å². The molecule has 1 fully saturated rings. The van der Waals surface area contributed by atoms with E-state index in [2.05, 4.69) is 26.0 Å². The molecule has 2 unspecified atom stereocenters. The van der Waals surface area contributed by atoms with Crippen molar-refractivity contribution < 1.29 is 49.0 Å². The minimum Gasteiger partial charge on any atom is -0.462 e. The van der Waals surface area contributed by atoms with Crippen LogP contribution in [0, 0.1) is 0 Å². The highest BCUT2D eigenvalue weighted by Crippen LogP contribution is 2.22.